The normalized spacial score (nSPS) is 14.0. The van der Waals surface area contributed by atoms with Crippen molar-refractivity contribution in [3.63, 3.8) is 0 Å². The average Bonchev–Trinajstić information content (AvgIpc) is 3.26. The van der Waals surface area contributed by atoms with E-state index < -0.39 is 0 Å². The van der Waals surface area contributed by atoms with E-state index in [1.54, 1.807) is 25.1 Å². The molecular weight excluding hydrogens is 269 g/mol. The van der Waals surface area contributed by atoms with Gasteiger partial charge < -0.3 is 5.32 Å². The molecule has 108 valence electrons. The Balaban J connectivity index is 1.82. The summed E-state index contributed by atoms with van der Waals surface area (Å²) >= 11 is 0. The van der Waals surface area contributed by atoms with Gasteiger partial charge >= 0.3 is 0 Å². The number of halogens is 1. The van der Waals surface area contributed by atoms with Gasteiger partial charge in [-0.05, 0) is 50.5 Å². The molecule has 1 aliphatic rings. The van der Waals surface area contributed by atoms with Gasteiger partial charge in [0.05, 0.1) is 0 Å². The minimum Gasteiger partial charge on any atom is -0.321 e. The SMILES string of the molecule is Cc1cc(C(=O)Nc2ccc(C)c(F)c2)nc(C2CC2)n1. The van der Waals surface area contributed by atoms with E-state index in [-0.39, 0.29) is 11.7 Å². The van der Waals surface area contributed by atoms with Gasteiger partial charge in [-0.15, -0.1) is 0 Å². The van der Waals surface area contributed by atoms with Crippen LogP contribution in [0.3, 0.4) is 0 Å². The van der Waals surface area contributed by atoms with Crippen molar-refractivity contribution in [2.45, 2.75) is 32.6 Å². The van der Waals surface area contributed by atoms with Crippen LogP contribution in [0, 0.1) is 19.7 Å². The first-order valence-corrected chi connectivity index (χ1v) is 6.96. The number of benzene rings is 1. The highest BCUT2D eigenvalue weighted by Crippen LogP contribution is 2.38. The van der Waals surface area contributed by atoms with Crippen molar-refractivity contribution in [1.82, 2.24) is 9.97 Å². The predicted molar refractivity (Wildman–Crippen MR) is 77.8 cm³/mol. The summed E-state index contributed by atoms with van der Waals surface area (Å²) in [6.07, 6.45) is 2.15. The topological polar surface area (TPSA) is 54.9 Å². The lowest BCUT2D eigenvalue weighted by atomic mass is 10.2. The Bertz CT molecular complexity index is 711. The molecule has 1 N–H and O–H groups in total. The fourth-order valence-corrected chi connectivity index (χ4v) is 2.10. The van der Waals surface area contributed by atoms with Crippen LogP contribution in [-0.2, 0) is 0 Å². The van der Waals surface area contributed by atoms with Crippen LogP contribution in [0.25, 0.3) is 0 Å². The molecule has 0 radical (unpaired) electrons. The largest absolute Gasteiger partial charge is 0.321 e. The van der Waals surface area contributed by atoms with Crippen molar-refractivity contribution in [3.8, 4) is 0 Å². The van der Waals surface area contributed by atoms with Gasteiger partial charge in [-0.2, -0.15) is 0 Å². The first kappa shape index (κ1) is 13.7. The zero-order valence-electron chi connectivity index (χ0n) is 12.0. The van der Waals surface area contributed by atoms with Crippen molar-refractivity contribution < 1.29 is 9.18 Å². The van der Waals surface area contributed by atoms with Crippen LogP contribution >= 0.6 is 0 Å². The van der Waals surface area contributed by atoms with Gasteiger partial charge in [0.15, 0.2) is 0 Å². The molecule has 21 heavy (non-hydrogen) atoms. The highest BCUT2D eigenvalue weighted by Gasteiger charge is 2.27. The highest BCUT2D eigenvalue weighted by molar-refractivity contribution is 6.02. The molecule has 3 rings (SSSR count). The standard InChI is InChI=1S/C16H16FN3O/c1-9-3-6-12(8-13(9)17)19-16(21)14-7-10(2)18-15(20-14)11-4-5-11/h3,6-8,11H,4-5H2,1-2H3,(H,19,21). The number of hydrogen-bond acceptors (Lipinski definition) is 3. The van der Waals surface area contributed by atoms with Gasteiger partial charge in [0.25, 0.3) is 5.91 Å². The van der Waals surface area contributed by atoms with E-state index in [0.717, 1.165) is 24.4 Å². The van der Waals surface area contributed by atoms with Gasteiger partial charge in [-0.3, -0.25) is 4.79 Å². The number of rotatable bonds is 3. The van der Waals surface area contributed by atoms with Gasteiger partial charge in [0.1, 0.15) is 17.3 Å². The summed E-state index contributed by atoms with van der Waals surface area (Å²) in [5, 5.41) is 2.67. The van der Waals surface area contributed by atoms with Crippen molar-refractivity contribution in [3.05, 3.63) is 52.9 Å². The molecule has 2 aromatic rings. The van der Waals surface area contributed by atoms with Crippen LogP contribution in [0.15, 0.2) is 24.3 Å². The van der Waals surface area contributed by atoms with E-state index in [9.17, 15) is 9.18 Å². The van der Waals surface area contributed by atoms with E-state index in [0.29, 0.717) is 22.9 Å². The maximum Gasteiger partial charge on any atom is 0.274 e. The summed E-state index contributed by atoms with van der Waals surface area (Å²) in [5.74, 6) is 0.430. The molecule has 0 unspecified atom stereocenters. The number of hydrogen-bond donors (Lipinski definition) is 1. The van der Waals surface area contributed by atoms with Gasteiger partial charge in [0.2, 0.25) is 0 Å². The second-order valence-electron chi connectivity index (χ2n) is 5.45. The molecule has 1 amide bonds. The molecule has 4 nitrogen and oxygen atoms in total. The summed E-state index contributed by atoms with van der Waals surface area (Å²) in [7, 11) is 0. The monoisotopic (exact) mass is 285 g/mol. The zero-order valence-corrected chi connectivity index (χ0v) is 12.0. The van der Waals surface area contributed by atoms with Crippen LogP contribution < -0.4 is 5.32 Å². The van der Waals surface area contributed by atoms with E-state index >= 15 is 0 Å². The summed E-state index contributed by atoms with van der Waals surface area (Å²) in [6.45, 7) is 3.52. The number of amides is 1. The van der Waals surface area contributed by atoms with Crippen LogP contribution in [0.1, 0.15) is 46.3 Å². The van der Waals surface area contributed by atoms with Gasteiger partial charge in [-0.25, -0.2) is 14.4 Å². The fraction of sp³-hybridized carbons (Fsp3) is 0.312. The van der Waals surface area contributed by atoms with E-state index in [2.05, 4.69) is 15.3 Å². The summed E-state index contributed by atoms with van der Waals surface area (Å²) in [6, 6.07) is 6.26. The average molecular weight is 285 g/mol. The Kier molecular flexibility index (Phi) is 3.41. The Labute approximate surface area is 122 Å². The third-order valence-corrected chi connectivity index (χ3v) is 3.48. The third kappa shape index (κ3) is 3.07. The Morgan fingerprint density at radius 2 is 2.00 bits per heavy atom. The second kappa shape index (κ2) is 5.24. The molecule has 1 saturated carbocycles. The summed E-state index contributed by atoms with van der Waals surface area (Å²) in [4.78, 5) is 20.9. The number of carbonyl (C=O) groups excluding carboxylic acids is 1. The molecule has 0 bridgehead atoms. The maximum atomic E-state index is 13.5. The Morgan fingerprint density at radius 1 is 1.24 bits per heavy atom. The fourth-order valence-electron chi connectivity index (χ4n) is 2.10. The lowest BCUT2D eigenvalue weighted by Gasteiger charge is -2.08. The number of aryl methyl sites for hydroxylation is 2. The van der Waals surface area contributed by atoms with Crippen molar-refractivity contribution in [2.24, 2.45) is 0 Å². The molecule has 0 atom stereocenters. The molecule has 1 aromatic carbocycles. The smallest absolute Gasteiger partial charge is 0.274 e. The van der Waals surface area contributed by atoms with E-state index in [4.69, 9.17) is 0 Å². The lowest BCUT2D eigenvalue weighted by molar-refractivity contribution is 0.102. The van der Waals surface area contributed by atoms with Gasteiger partial charge in [0, 0.05) is 17.3 Å². The predicted octanol–water partition coefficient (Wildman–Crippen LogP) is 3.36. The minimum absolute atomic E-state index is 0.324. The molecule has 1 heterocycles. The molecule has 1 aromatic heterocycles. The van der Waals surface area contributed by atoms with Crippen molar-refractivity contribution in [2.75, 3.05) is 5.32 Å². The van der Waals surface area contributed by atoms with Crippen molar-refractivity contribution in [1.29, 1.82) is 0 Å². The van der Waals surface area contributed by atoms with Crippen LogP contribution in [0.4, 0.5) is 10.1 Å². The number of nitrogens with one attached hydrogen (secondary N) is 1. The molecular formula is C16H16FN3O. The first-order valence-electron chi connectivity index (χ1n) is 6.96. The maximum absolute atomic E-state index is 13.5. The summed E-state index contributed by atoms with van der Waals surface area (Å²) in [5.41, 5.74) is 2.06. The molecule has 1 aliphatic carbocycles. The number of nitrogens with zero attached hydrogens (tertiary/aromatic N) is 2. The number of anilines is 1. The zero-order chi connectivity index (χ0) is 15.0. The van der Waals surface area contributed by atoms with E-state index in [1.165, 1.54) is 6.07 Å². The van der Waals surface area contributed by atoms with Crippen molar-refractivity contribution >= 4 is 11.6 Å². The Morgan fingerprint density at radius 3 is 2.67 bits per heavy atom. The number of aromatic nitrogens is 2. The lowest BCUT2D eigenvalue weighted by Crippen LogP contribution is -2.15. The molecule has 0 spiro atoms. The molecule has 5 heteroatoms. The number of carbonyl (C=O) groups is 1. The summed E-state index contributed by atoms with van der Waals surface area (Å²) < 4.78 is 13.5. The quantitative estimate of drug-likeness (QED) is 0.940. The van der Waals surface area contributed by atoms with Gasteiger partial charge in [-0.1, -0.05) is 6.07 Å². The molecule has 0 saturated heterocycles. The third-order valence-electron chi connectivity index (χ3n) is 3.48. The van der Waals surface area contributed by atoms with Crippen LogP contribution in [-0.4, -0.2) is 15.9 Å². The van der Waals surface area contributed by atoms with E-state index in [1.807, 2.05) is 6.92 Å². The minimum atomic E-state index is -0.342. The highest BCUT2D eigenvalue weighted by atomic mass is 19.1. The second-order valence-corrected chi connectivity index (χ2v) is 5.45. The van der Waals surface area contributed by atoms with Crippen LogP contribution in [0.2, 0.25) is 0 Å². The molecule has 0 aliphatic heterocycles. The Hall–Kier alpha value is -2.30. The van der Waals surface area contributed by atoms with Crippen LogP contribution in [0.5, 0.6) is 0 Å². The first-order chi connectivity index (χ1) is 10.0. The molecule has 1 fully saturated rings.